The van der Waals surface area contributed by atoms with Gasteiger partial charge in [0.05, 0.1) is 21.5 Å². The number of imidazole rings is 1. The number of rotatable bonds is 3. The van der Waals surface area contributed by atoms with Crippen molar-refractivity contribution in [2.45, 2.75) is 0 Å². The van der Waals surface area contributed by atoms with Crippen molar-refractivity contribution in [3.05, 3.63) is 52.1 Å². The summed E-state index contributed by atoms with van der Waals surface area (Å²) in [6.07, 6.45) is 0. The summed E-state index contributed by atoms with van der Waals surface area (Å²) in [5.41, 5.74) is 2.82. The van der Waals surface area contributed by atoms with Crippen molar-refractivity contribution < 1.29 is 9.72 Å². The molecule has 0 saturated carbocycles. The zero-order valence-electron chi connectivity index (χ0n) is 16.3. The largest absolute Gasteiger partial charge is 0.337 e. The molecule has 2 N–H and O–H groups in total. The lowest BCUT2D eigenvalue weighted by atomic mass is 10.1. The van der Waals surface area contributed by atoms with E-state index >= 15 is 0 Å². The highest BCUT2D eigenvalue weighted by Gasteiger charge is 2.23. The molecule has 1 aliphatic rings. The van der Waals surface area contributed by atoms with E-state index in [0.717, 1.165) is 13.1 Å². The molecule has 1 amide bonds. The van der Waals surface area contributed by atoms with Crippen LogP contribution in [0.3, 0.4) is 0 Å². The van der Waals surface area contributed by atoms with E-state index in [1.54, 1.807) is 30.3 Å². The van der Waals surface area contributed by atoms with Gasteiger partial charge in [0.15, 0.2) is 5.82 Å². The predicted molar refractivity (Wildman–Crippen MR) is 111 cm³/mol. The van der Waals surface area contributed by atoms with Crippen molar-refractivity contribution in [2.75, 3.05) is 33.2 Å². The number of nitro groups is 1. The highest BCUT2D eigenvalue weighted by atomic mass is 16.6. The average Bonchev–Trinajstić information content (AvgIpc) is 3.36. The third-order valence-corrected chi connectivity index (χ3v) is 5.51. The summed E-state index contributed by atoms with van der Waals surface area (Å²) in [7, 11) is 2.04. The molecule has 30 heavy (non-hydrogen) atoms. The molecule has 10 nitrogen and oxygen atoms in total. The molecule has 2 aromatic heterocycles. The van der Waals surface area contributed by atoms with Gasteiger partial charge in [0.1, 0.15) is 11.1 Å². The SMILES string of the molecule is CN1CCN(C(=O)c2ccc3nc(-c4n[nH]c5cccc([N+](=O)[O-])c45)[nH]c3c2)CC1. The van der Waals surface area contributed by atoms with E-state index in [9.17, 15) is 14.9 Å². The smallest absolute Gasteiger partial charge is 0.281 e. The molecule has 0 spiro atoms. The van der Waals surface area contributed by atoms with Crippen molar-refractivity contribution in [1.29, 1.82) is 0 Å². The van der Waals surface area contributed by atoms with Crippen LogP contribution >= 0.6 is 0 Å². The first-order chi connectivity index (χ1) is 14.5. The minimum Gasteiger partial charge on any atom is -0.337 e. The molecule has 0 aliphatic carbocycles. The van der Waals surface area contributed by atoms with Crippen LogP contribution < -0.4 is 0 Å². The number of nitrogens with zero attached hydrogens (tertiary/aromatic N) is 5. The zero-order valence-corrected chi connectivity index (χ0v) is 16.3. The van der Waals surface area contributed by atoms with E-state index in [-0.39, 0.29) is 11.6 Å². The number of H-pyrrole nitrogens is 2. The number of amides is 1. The number of piperazine rings is 1. The van der Waals surface area contributed by atoms with Crippen LogP contribution in [0.15, 0.2) is 36.4 Å². The molecule has 1 saturated heterocycles. The number of non-ortho nitro benzene ring substituents is 1. The summed E-state index contributed by atoms with van der Waals surface area (Å²) in [5, 5.41) is 18.9. The summed E-state index contributed by atoms with van der Waals surface area (Å²) >= 11 is 0. The molecular formula is C20H19N7O3. The second-order valence-corrected chi connectivity index (χ2v) is 7.44. The fourth-order valence-corrected chi connectivity index (χ4v) is 3.82. The van der Waals surface area contributed by atoms with Crippen molar-refractivity contribution in [2.24, 2.45) is 0 Å². The highest BCUT2D eigenvalue weighted by molar-refractivity contribution is 6.00. The summed E-state index contributed by atoms with van der Waals surface area (Å²) in [6.45, 7) is 3.11. The topological polar surface area (TPSA) is 124 Å². The van der Waals surface area contributed by atoms with Crippen molar-refractivity contribution in [3.8, 4) is 11.5 Å². The van der Waals surface area contributed by atoms with Gasteiger partial charge in [0.2, 0.25) is 0 Å². The van der Waals surface area contributed by atoms with Crippen molar-refractivity contribution in [3.63, 3.8) is 0 Å². The highest BCUT2D eigenvalue weighted by Crippen LogP contribution is 2.33. The van der Waals surface area contributed by atoms with Gasteiger partial charge in [-0.2, -0.15) is 5.10 Å². The minimum absolute atomic E-state index is 0.0120. The number of carbonyl (C=O) groups excluding carboxylic acids is 1. The van der Waals surface area contributed by atoms with Crippen molar-refractivity contribution in [1.82, 2.24) is 30.0 Å². The van der Waals surface area contributed by atoms with Gasteiger partial charge in [-0.25, -0.2) is 4.98 Å². The molecule has 2 aromatic carbocycles. The van der Waals surface area contributed by atoms with Gasteiger partial charge in [-0.15, -0.1) is 0 Å². The zero-order chi connectivity index (χ0) is 20.8. The van der Waals surface area contributed by atoms with E-state index in [1.165, 1.54) is 6.07 Å². The van der Waals surface area contributed by atoms with Gasteiger partial charge in [0, 0.05) is 37.8 Å². The first-order valence-electron chi connectivity index (χ1n) is 9.61. The first kappa shape index (κ1) is 18.3. The van der Waals surface area contributed by atoms with E-state index in [0.29, 0.717) is 52.1 Å². The Morgan fingerprint density at radius 2 is 1.93 bits per heavy atom. The molecule has 3 heterocycles. The Hall–Kier alpha value is -3.79. The maximum atomic E-state index is 12.9. The number of carbonyl (C=O) groups is 1. The number of likely N-dealkylation sites (N-methyl/N-ethyl adjacent to an activating group) is 1. The number of aromatic amines is 2. The van der Waals surface area contributed by atoms with Gasteiger partial charge in [0.25, 0.3) is 11.6 Å². The molecule has 1 aliphatic heterocycles. The molecule has 5 rings (SSSR count). The molecule has 152 valence electrons. The van der Waals surface area contributed by atoms with Crippen LogP contribution in [0.25, 0.3) is 33.5 Å². The number of nitrogens with one attached hydrogen (secondary N) is 2. The van der Waals surface area contributed by atoms with E-state index in [1.807, 2.05) is 11.9 Å². The Balaban J connectivity index is 1.53. The Morgan fingerprint density at radius 3 is 2.70 bits per heavy atom. The van der Waals surface area contributed by atoms with Crippen LogP contribution in [-0.2, 0) is 0 Å². The number of fused-ring (bicyclic) bond motifs is 2. The lowest BCUT2D eigenvalue weighted by molar-refractivity contribution is -0.383. The monoisotopic (exact) mass is 405 g/mol. The van der Waals surface area contributed by atoms with Gasteiger partial charge in [-0.05, 0) is 31.3 Å². The number of aromatic nitrogens is 4. The molecule has 4 aromatic rings. The average molecular weight is 405 g/mol. The molecule has 0 radical (unpaired) electrons. The Labute approximate surface area is 170 Å². The van der Waals surface area contributed by atoms with Crippen LogP contribution in [0.5, 0.6) is 0 Å². The number of benzene rings is 2. The second-order valence-electron chi connectivity index (χ2n) is 7.44. The molecular weight excluding hydrogens is 386 g/mol. The quantitative estimate of drug-likeness (QED) is 0.398. The Bertz CT molecular complexity index is 1280. The lowest BCUT2D eigenvalue weighted by Crippen LogP contribution is -2.47. The molecule has 0 unspecified atom stereocenters. The summed E-state index contributed by atoms with van der Waals surface area (Å²) in [6, 6.07) is 10.1. The Morgan fingerprint density at radius 1 is 1.13 bits per heavy atom. The van der Waals surface area contributed by atoms with E-state index in [2.05, 4.69) is 25.1 Å². The van der Waals surface area contributed by atoms with Crippen molar-refractivity contribution >= 4 is 33.5 Å². The van der Waals surface area contributed by atoms with Gasteiger partial charge in [-0.1, -0.05) is 6.07 Å². The fraction of sp³-hybridized carbons (Fsp3) is 0.250. The molecule has 0 bridgehead atoms. The molecule has 0 atom stereocenters. The number of hydrogen-bond acceptors (Lipinski definition) is 6. The third-order valence-electron chi connectivity index (χ3n) is 5.51. The normalized spacial score (nSPS) is 15.2. The van der Waals surface area contributed by atoms with Gasteiger partial charge >= 0.3 is 0 Å². The van der Waals surface area contributed by atoms with Crippen LogP contribution in [-0.4, -0.2) is 74.0 Å². The van der Waals surface area contributed by atoms with Gasteiger partial charge in [-0.3, -0.25) is 20.0 Å². The number of nitro benzene ring substituents is 1. The number of hydrogen-bond donors (Lipinski definition) is 2. The predicted octanol–water partition coefficient (Wildman–Crippen LogP) is 2.40. The summed E-state index contributed by atoms with van der Waals surface area (Å²) < 4.78 is 0. The van der Waals surface area contributed by atoms with Gasteiger partial charge < -0.3 is 14.8 Å². The fourth-order valence-electron chi connectivity index (χ4n) is 3.82. The maximum Gasteiger partial charge on any atom is 0.281 e. The van der Waals surface area contributed by atoms with Crippen LogP contribution in [0.2, 0.25) is 0 Å². The summed E-state index contributed by atoms with van der Waals surface area (Å²) in [4.78, 5) is 35.6. The lowest BCUT2D eigenvalue weighted by Gasteiger charge is -2.32. The maximum absolute atomic E-state index is 12.9. The third kappa shape index (κ3) is 2.98. The van der Waals surface area contributed by atoms with Crippen LogP contribution in [0, 0.1) is 10.1 Å². The van der Waals surface area contributed by atoms with Crippen LogP contribution in [0.1, 0.15) is 10.4 Å². The molecule has 1 fully saturated rings. The van der Waals surface area contributed by atoms with E-state index < -0.39 is 4.92 Å². The second kappa shape index (κ2) is 6.92. The summed E-state index contributed by atoms with van der Waals surface area (Å²) in [5.74, 6) is 0.400. The first-order valence-corrected chi connectivity index (χ1v) is 9.61. The standard InChI is InChI=1S/C20H19N7O3/c1-25-7-9-26(10-8-25)20(28)12-5-6-13-15(11-12)22-19(21-13)18-17-14(23-24-18)3-2-4-16(17)27(29)30/h2-6,11H,7-10H2,1H3,(H,21,22)(H,23,24). The minimum atomic E-state index is -0.434. The van der Waals surface area contributed by atoms with Crippen LogP contribution in [0.4, 0.5) is 5.69 Å². The Kier molecular flexibility index (Phi) is 4.21. The molecule has 10 heteroatoms. The van der Waals surface area contributed by atoms with E-state index in [4.69, 9.17) is 0 Å².